The summed E-state index contributed by atoms with van der Waals surface area (Å²) in [5, 5.41) is 6.83. The number of piperidine rings is 3. The number of hydrogen-bond acceptors (Lipinski definition) is 7. The fourth-order valence-corrected chi connectivity index (χ4v) is 3.88. The largest absolute Gasteiger partial charge is 0.347 e. The molecule has 3 fully saturated rings. The highest BCUT2D eigenvalue weighted by Crippen LogP contribution is 2.37. The smallest absolute Gasteiger partial charge is 0.233 e. The van der Waals surface area contributed by atoms with Gasteiger partial charge in [0.2, 0.25) is 5.95 Å². The van der Waals surface area contributed by atoms with Gasteiger partial charge in [0.1, 0.15) is 11.6 Å². The summed E-state index contributed by atoms with van der Waals surface area (Å²) in [5.41, 5.74) is 0.121. The number of nitrogens with one attached hydrogen (secondary N) is 2. The fourth-order valence-electron chi connectivity index (χ4n) is 3.88. The Kier molecular flexibility index (Phi) is 2.85. The van der Waals surface area contributed by atoms with E-state index in [0.29, 0.717) is 5.95 Å². The van der Waals surface area contributed by atoms with Crippen molar-refractivity contribution < 1.29 is 0 Å². The van der Waals surface area contributed by atoms with Gasteiger partial charge in [-0.2, -0.15) is 9.97 Å². The number of nitrogens with zero attached hydrogens (tertiary/aromatic N) is 5. The van der Waals surface area contributed by atoms with Crippen LogP contribution in [0.1, 0.15) is 24.5 Å². The summed E-state index contributed by atoms with van der Waals surface area (Å²) in [6.45, 7) is 8.17. The van der Waals surface area contributed by atoms with Crippen LogP contribution in [0.25, 0.3) is 0 Å². The SMILES string of the molecule is Cc1nc(C)nc(NC2=NCC3(CN4CCC3CC4)N2)n1. The van der Waals surface area contributed by atoms with Crippen molar-refractivity contribution in [2.45, 2.75) is 32.2 Å². The Balaban J connectivity index is 1.49. The van der Waals surface area contributed by atoms with Crippen LogP contribution in [0.4, 0.5) is 5.95 Å². The lowest BCUT2D eigenvalue weighted by molar-refractivity contribution is 0.0270. The monoisotopic (exact) mass is 287 g/mol. The number of guanidine groups is 1. The number of rotatable bonds is 1. The summed E-state index contributed by atoms with van der Waals surface area (Å²) < 4.78 is 0. The van der Waals surface area contributed by atoms with E-state index in [4.69, 9.17) is 0 Å². The van der Waals surface area contributed by atoms with Gasteiger partial charge >= 0.3 is 0 Å². The van der Waals surface area contributed by atoms with Crippen molar-refractivity contribution in [3.8, 4) is 0 Å². The van der Waals surface area contributed by atoms with Crippen LogP contribution in [0.5, 0.6) is 0 Å². The molecule has 7 nitrogen and oxygen atoms in total. The Morgan fingerprint density at radius 1 is 1.14 bits per heavy atom. The third-order valence-electron chi connectivity index (χ3n) is 4.85. The van der Waals surface area contributed by atoms with E-state index >= 15 is 0 Å². The molecular formula is C14H21N7. The van der Waals surface area contributed by atoms with Crippen molar-refractivity contribution in [2.75, 3.05) is 31.5 Å². The molecule has 0 aliphatic carbocycles. The number of aromatic nitrogens is 3. The van der Waals surface area contributed by atoms with Crippen LogP contribution in [-0.2, 0) is 0 Å². The second-order valence-electron chi connectivity index (χ2n) is 6.37. The van der Waals surface area contributed by atoms with Crippen molar-refractivity contribution in [2.24, 2.45) is 10.9 Å². The zero-order valence-corrected chi connectivity index (χ0v) is 12.6. The summed E-state index contributed by atoms with van der Waals surface area (Å²) in [4.78, 5) is 20.0. The Morgan fingerprint density at radius 2 is 1.86 bits per heavy atom. The predicted molar refractivity (Wildman–Crippen MR) is 80.3 cm³/mol. The first-order valence-corrected chi connectivity index (χ1v) is 7.64. The molecule has 1 atom stereocenters. The van der Waals surface area contributed by atoms with Crippen LogP contribution in [-0.4, -0.2) is 57.5 Å². The third-order valence-corrected chi connectivity index (χ3v) is 4.85. The van der Waals surface area contributed by atoms with Gasteiger partial charge in [-0.05, 0) is 45.7 Å². The Morgan fingerprint density at radius 3 is 2.48 bits per heavy atom. The van der Waals surface area contributed by atoms with Crippen LogP contribution in [0.2, 0.25) is 0 Å². The minimum atomic E-state index is 0.121. The van der Waals surface area contributed by atoms with Crippen LogP contribution >= 0.6 is 0 Å². The Labute approximate surface area is 124 Å². The van der Waals surface area contributed by atoms with E-state index in [1.807, 2.05) is 13.8 Å². The van der Waals surface area contributed by atoms with Crippen molar-refractivity contribution in [3.05, 3.63) is 11.6 Å². The lowest BCUT2D eigenvalue weighted by Gasteiger charge is -2.51. The molecule has 2 N–H and O–H groups in total. The molecule has 0 amide bonds. The van der Waals surface area contributed by atoms with Gasteiger partial charge in [0.05, 0.1) is 12.1 Å². The summed E-state index contributed by atoms with van der Waals surface area (Å²) in [6, 6.07) is 0. The average molecular weight is 287 g/mol. The highest BCUT2D eigenvalue weighted by Gasteiger charge is 2.49. The van der Waals surface area contributed by atoms with Gasteiger partial charge in [0.15, 0.2) is 5.96 Å². The first kappa shape index (κ1) is 12.9. The zero-order chi connectivity index (χ0) is 14.4. The maximum Gasteiger partial charge on any atom is 0.233 e. The van der Waals surface area contributed by atoms with Gasteiger partial charge in [-0.15, -0.1) is 0 Å². The Bertz CT molecular complexity index is 571. The van der Waals surface area contributed by atoms with Gasteiger partial charge in [0, 0.05) is 6.54 Å². The van der Waals surface area contributed by atoms with E-state index < -0.39 is 0 Å². The van der Waals surface area contributed by atoms with Gasteiger partial charge in [-0.1, -0.05) is 0 Å². The summed E-state index contributed by atoms with van der Waals surface area (Å²) in [7, 11) is 0. The molecule has 1 spiro atoms. The van der Waals surface area contributed by atoms with Crippen molar-refractivity contribution >= 4 is 11.9 Å². The summed E-state index contributed by atoms with van der Waals surface area (Å²) in [6.07, 6.45) is 2.56. The number of aryl methyl sites for hydroxylation is 2. The molecule has 4 aliphatic heterocycles. The second kappa shape index (κ2) is 4.62. The lowest BCUT2D eigenvalue weighted by Crippen LogP contribution is -2.66. The van der Waals surface area contributed by atoms with Crippen LogP contribution < -0.4 is 10.6 Å². The Hall–Kier alpha value is -1.76. The third kappa shape index (κ3) is 2.25. The number of fused-ring (bicyclic) bond motifs is 2. The minimum absolute atomic E-state index is 0.121. The van der Waals surface area contributed by atoms with E-state index in [1.165, 1.54) is 25.9 Å². The molecule has 5 rings (SSSR count). The van der Waals surface area contributed by atoms with Gasteiger partial charge in [0.25, 0.3) is 0 Å². The van der Waals surface area contributed by atoms with Crippen LogP contribution in [0.15, 0.2) is 4.99 Å². The first-order chi connectivity index (χ1) is 10.1. The first-order valence-electron chi connectivity index (χ1n) is 7.64. The summed E-state index contributed by atoms with van der Waals surface area (Å²) in [5.74, 6) is 3.55. The van der Waals surface area contributed by atoms with Crippen LogP contribution in [0, 0.1) is 19.8 Å². The van der Waals surface area contributed by atoms with Gasteiger partial charge in [-0.25, -0.2) is 4.98 Å². The quantitative estimate of drug-likeness (QED) is 0.775. The molecular weight excluding hydrogens is 266 g/mol. The lowest BCUT2D eigenvalue weighted by atomic mass is 9.73. The zero-order valence-electron chi connectivity index (χ0n) is 12.6. The van der Waals surface area contributed by atoms with E-state index in [9.17, 15) is 0 Å². The molecule has 5 heterocycles. The molecule has 1 aromatic heterocycles. The predicted octanol–water partition coefficient (Wildman–Crippen LogP) is 0.324. The normalized spacial score (nSPS) is 33.9. The highest BCUT2D eigenvalue weighted by atomic mass is 15.3. The molecule has 7 heteroatoms. The standard InChI is InChI=1S/C14H21N7/c1-9-16-10(2)18-13(17-9)19-12-15-7-14(20-12)8-21-5-3-11(14)4-6-21/h11H,3-8H2,1-2H3,(H2,15,16,17,18,19,20). The molecule has 2 bridgehead atoms. The maximum absolute atomic E-state index is 4.65. The van der Waals surface area contributed by atoms with Crippen molar-refractivity contribution in [3.63, 3.8) is 0 Å². The second-order valence-corrected chi connectivity index (χ2v) is 6.37. The highest BCUT2D eigenvalue weighted by molar-refractivity contribution is 5.94. The van der Waals surface area contributed by atoms with E-state index in [1.54, 1.807) is 0 Å². The number of anilines is 1. The number of aliphatic imine (C=N–C) groups is 1. The fraction of sp³-hybridized carbons (Fsp3) is 0.714. The van der Waals surface area contributed by atoms with Crippen molar-refractivity contribution in [1.29, 1.82) is 0 Å². The van der Waals surface area contributed by atoms with Crippen molar-refractivity contribution in [1.82, 2.24) is 25.2 Å². The topological polar surface area (TPSA) is 78.3 Å². The minimum Gasteiger partial charge on any atom is -0.347 e. The molecule has 0 radical (unpaired) electrons. The van der Waals surface area contributed by atoms with Crippen LogP contribution in [0.3, 0.4) is 0 Å². The molecule has 0 saturated carbocycles. The molecule has 0 aromatic carbocycles. The molecule has 4 aliphatic rings. The molecule has 3 saturated heterocycles. The van der Waals surface area contributed by atoms with E-state index in [2.05, 4.69) is 35.5 Å². The molecule has 1 aromatic rings. The summed E-state index contributed by atoms with van der Waals surface area (Å²) >= 11 is 0. The van der Waals surface area contributed by atoms with E-state index in [-0.39, 0.29) is 5.54 Å². The average Bonchev–Trinajstić information content (AvgIpc) is 2.81. The molecule has 112 valence electrons. The number of hydrogen-bond donors (Lipinski definition) is 2. The molecule has 1 unspecified atom stereocenters. The molecule has 21 heavy (non-hydrogen) atoms. The van der Waals surface area contributed by atoms with Gasteiger partial charge in [-0.3, -0.25) is 10.3 Å². The maximum atomic E-state index is 4.65. The van der Waals surface area contributed by atoms with Gasteiger partial charge < -0.3 is 10.2 Å². The van der Waals surface area contributed by atoms with E-state index in [0.717, 1.165) is 36.6 Å².